The molecule has 31 heavy (non-hydrogen) atoms. The van der Waals surface area contributed by atoms with Crippen LogP contribution in [0.1, 0.15) is 11.1 Å². The number of aromatic hydroxyl groups is 1. The van der Waals surface area contributed by atoms with E-state index in [2.05, 4.69) is 14.7 Å². The first-order valence-corrected chi connectivity index (χ1v) is 10.9. The van der Waals surface area contributed by atoms with Crippen molar-refractivity contribution in [1.82, 2.24) is 9.55 Å². The van der Waals surface area contributed by atoms with Crippen LogP contribution in [0.15, 0.2) is 87.1 Å². The van der Waals surface area contributed by atoms with Crippen molar-refractivity contribution in [2.24, 2.45) is 4.40 Å². The Morgan fingerprint density at radius 1 is 0.968 bits per heavy atom. The zero-order valence-electron chi connectivity index (χ0n) is 16.1. The molecule has 0 atom stereocenters. The number of hydrogen-bond acceptors (Lipinski definition) is 6. The maximum Gasteiger partial charge on any atom is 0.303 e. The summed E-state index contributed by atoms with van der Waals surface area (Å²) in [6, 6.07) is 19.4. The molecule has 0 saturated carbocycles. The molecule has 0 aliphatic carbocycles. The van der Waals surface area contributed by atoms with Crippen molar-refractivity contribution in [1.29, 1.82) is 0 Å². The number of nitrogens with zero attached hydrogens (tertiary/aromatic N) is 3. The van der Waals surface area contributed by atoms with Crippen LogP contribution >= 0.6 is 0 Å². The highest BCUT2D eigenvalue weighted by Crippen LogP contribution is 2.31. The fourth-order valence-electron chi connectivity index (χ4n) is 3.64. The second-order valence-electron chi connectivity index (χ2n) is 7.01. The molecule has 0 unspecified atom stereocenters. The van der Waals surface area contributed by atoms with Crippen molar-refractivity contribution in [2.75, 3.05) is 5.32 Å². The summed E-state index contributed by atoms with van der Waals surface area (Å²) >= 11 is 0. The second kappa shape index (κ2) is 7.06. The predicted octanol–water partition coefficient (Wildman–Crippen LogP) is 2.71. The molecular weight excluding hydrogens is 416 g/mol. The van der Waals surface area contributed by atoms with Crippen molar-refractivity contribution in [3.63, 3.8) is 0 Å². The first-order chi connectivity index (χ1) is 15.0. The fraction of sp³-hybridized carbons (Fsp3) is 0.0455. The van der Waals surface area contributed by atoms with Crippen LogP contribution in [0.2, 0.25) is 0 Å². The van der Waals surface area contributed by atoms with Gasteiger partial charge in [-0.05, 0) is 29.8 Å². The van der Waals surface area contributed by atoms with Gasteiger partial charge < -0.3 is 15.0 Å². The van der Waals surface area contributed by atoms with Crippen LogP contribution in [0.3, 0.4) is 0 Å². The molecule has 0 spiro atoms. The van der Waals surface area contributed by atoms with E-state index in [-0.39, 0.29) is 34.4 Å². The van der Waals surface area contributed by atoms with Crippen molar-refractivity contribution >= 4 is 32.4 Å². The van der Waals surface area contributed by atoms with E-state index in [9.17, 15) is 18.3 Å². The molecular formula is C22H16N4O4S. The lowest BCUT2D eigenvalue weighted by Gasteiger charge is -2.20. The summed E-state index contributed by atoms with van der Waals surface area (Å²) in [6.07, 6.45) is 1.35. The summed E-state index contributed by atoms with van der Waals surface area (Å²) in [5, 5.41) is 14.0. The van der Waals surface area contributed by atoms with Crippen LogP contribution in [0, 0.1) is 0 Å². The highest BCUT2D eigenvalue weighted by molar-refractivity contribution is 7.90. The van der Waals surface area contributed by atoms with Gasteiger partial charge in [0.2, 0.25) is 5.03 Å². The van der Waals surface area contributed by atoms with Crippen molar-refractivity contribution in [3.8, 4) is 5.75 Å². The summed E-state index contributed by atoms with van der Waals surface area (Å²) in [6.45, 7) is 0.242. The van der Waals surface area contributed by atoms with E-state index in [0.29, 0.717) is 10.9 Å². The van der Waals surface area contributed by atoms with Gasteiger partial charge in [0.05, 0.1) is 17.7 Å². The summed E-state index contributed by atoms with van der Waals surface area (Å²) in [5.74, 6) is -0.575. The number of nitrogens with one attached hydrogen (secondary N) is 1. The lowest BCUT2D eigenvalue weighted by atomic mass is 10.1. The Kier molecular flexibility index (Phi) is 4.33. The van der Waals surface area contributed by atoms with Gasteiger partial charge in [-0.25, -0.2) is 4.98 Å². The molecule has 0 saturated heterocycles. The Labute approximate surface area is 177 Å². The molecule has 9 heteroatoms. The number of aromatic nitrogens is 2. The van der Waals surface area contributed by atoms with Crippen LogP contribution < -0.4 is 10.9 Å². The van der Waals surface area contributed by atoms with E-state index >= 15 is 0 Å². The highest BCUT2D eigenvalue weighted by atomic mass is 32.2. The molecule has 154 valence electrons. The van der Waals surface area contributed by atoms with E-state index in [4.69, 9.17) is 0 Å². The van der Waals surface area contributed by atoms with Gasteiger partial charge in [-0.2, -0.15) is 8.42 Å². The standard InChI is InChI=1S/C22H16N4O4S/c27-19-15-9-4-5-11-17(15)26(13-14-7-2-1-3-8-14)22(28)18(19)20-24-16-10-6-12-23-21(16)31(29,30)25-20/h1-12,27H,13H2,(H,24,25). The molecule has 8 nitrogen and oxygen atoms in total. The van der Waals surface area contributed by atoms with Crippen LogP contribution in [0.4, 0.5) is 5.69 Å². The molecule has 1 aliphatic heterocycles. The highest BCUT2D eigenvalue weighted by Gasteiger charge is 2.30. The molecule has 0 bridgehead atoms. The topological polar surface area (TPSA) is 114 Å². The number of rotatable bonds is 3. The summed E-state index contributed by atoms with van der Waals surface area (Å²) in [4.78, 5) is 17.4. The Morgan fingerprint density at radius 2 is 1.71 bits per heavy atom. The molecule has 2 aromatic carbocycles. The Hall–Kier alpha value is -3.98. The zero-order chi connectivity index (χ0) is 21.6. The minimum absolute atomic E-state index is 0.189. The molecule has 0 fully saturated rings. The van der Waals surface area contributed by atoms with E-state index in [1.54, 1.807) is 30.3 Å². The molecule has 0 amide bonds. The van der Waals surface area contributed by atoms with Gasteiger partial charge in [0.25, 0.3) is 5.56 Å². The van der Waals surface area contributed by atoms with Gasteiger partial charge in [-0.1, -0.05) is 42.5 Å². The second-order valence-corrected chi connectivity index (χ2v) is 8.53. The molecule has 5 rings (SSSR count). The third-order valence-corrected chi connectivity index (χ3v) is 6.28. The monoisotopic (exact) mass is 432 g/mol. The van der Waals surface area contributed by atoms with Gasteiger partial charge in [-0.3, -0.25) is 4.79 Å². The number of para-hydroxylation sites is 1. The molecule has 4 aromatic rings. The number of amidine groups is 1. The third kappa shape index (κ3) is 3.15. The lowest BCUT2D eigenvalue weighted by Crippen LogP contribution is -2.33. The van der Waals surface area contributed by atoms with E-state index < -0.39 is 15.6 Å². The summed E-state index contributed by atoms with van der Waals surface area (Å²) in [5.41, 5.74) is 0.821. The SMILES string of the molecule is O=c1c(C2=NS(=O)(=O)c3ncccc3N2)c(O)c2ccccc2n1Cc1ccccc1. The minimum atomic E-state index is -4.14. The lowest BCUT2D eigenvalue weighted by molar-refractivity contribution is 0.478. The average molecular weight is 432 g/mol. The quantitative estimate of drug-likeness (QED) is 0.515. The van der Waals surface area contributed by atoms with E-state index in [1.807, 2.05) is 30.3 Å². The van der Waals surface area contributed by atoms with Crippen molar-refractivity contribution in [3.05, 3.63) is 94.4 Å². The zero-order valence-corrected chi connectivity index (χ0v) is 16.9. The Balaban J connectivity index is 1.77. The molecule has 1 aliphatic rings. The molecule has 2 aromatic heterocycles. The number of hydrogen-bond donors (Lipinski definition) is 2. The van der Waals surface area contributed by atoms with Crippen LogP contribution in [-0.2, 0) is 16.6 Å². The van der Waals surface area contributed by atoms with Gasteiger partial charge in [0.15, 0.2) is 5.84 Å². The van der Waals surface area contributed by atoms with E-state index in [0.717, 1.165) is 5.56 Å². The van der Waals surface area contributed by atoms with Gasteiger partial charge in [0, 0.05) is 11.6 Å². The average Bonchev–Trinajstić information content (AvgIpc) is 2.77. The Bertz CT molecular complexity index is 1530. The van der Waals surface area contributed by atoms with Crippen LogP contribution in [-0.4, -0.2) is 28.9 Å². The van der Waals surface area contributed by atoms with Gasteiger partial charge in [-0.15, -0.1) is 4.40 Å². The normalized spacial score (nSPS) is 14.5. The molecule has 3 heterocycles. The number of fused-ring (bicyclic) bond motifs is 2. The minimum Gasteiger partial charge on any atom is -0.506 e. The maximum absolute atomic E-state index is 13.5. The van der Waals surface area contributed by atoms with Crippen LogP contribution in [0.5, 0.6) is 5.75 Å². The summed E-state index contributed by atoms with van der Waals surface area (Å²) < 4.78 is 30.5. The summed E-state index contributed by atoms with van der Waals surface area (Å²) in [7, 11) is -4.14. The van der Waals surface area contributed by atoms with Gasteiger partial charge in [0.1, 0.15) is 11.3 Å². The first-order valence-electron chi connectivity index (χ1n) is 9.41. The smallest absolute Gasteiger partial charge is 0.303 e. The number of benzene rings is 2. The van der Waals surface area contributed by atoms with Crippen molar-refractivity contribution < 1.29 is 13.5 Å². The van der Waals surface area contributed by atoms with Crippen molar-refractivity contribution in [2.45, 2.75) is 11.6 Å². The number of pyridine rings is 2. The van der Waals surface area contributed by atoms with Gasteiger partial charge >= 0.3 is 10.0 Å². The third-order valence-electron chi connectivity index (χ3n) is 5.05. The first kappa shape index (κ1) is 19.0. The number of sulfonamides is 1. The van der Waals surface area contributed by atoms with E-state index in [1.165, 1.54) is 16.8 Å². The van der Waals surface area contributed by atoms with Crippen LogP contribution in [0.25, 0.3) is 10.9 Å². The molecule has 0 radical (unpaired) electrons. The predicted molar refractivity (Wildman–Crippen MR) is 117 cm³/mol. The maximum atomic E-state index is 13.5. The largest absolute Gasteiger partial charge is 0.506 e. The Morgan fingerprint density at radius 3 is 2.52 bits per heavy atom. The fourth-order valence-corrected chi connectivity index (χ4v) is 4.69. The number of anilines is 1. The molecule has 2 N–H and O–H groups in total.